The van der Waals surface area contributed by atoms with Gasteiger partial charge in [-0.25, -0.2) is 8.42 Å². The molecule has 0 aliphatic rings. The topological polar surface area (TPSA) is 66.1 Å². The van der Waals surface area contributed by atoms with E-state index in [4.69, 9.17) is 11.6 Å². The quantitative estimate of drug-likeness (QED) is 0.769. The number of rotatable bonds is 6. The van der Waals surface area contributed by atoms with E-state index in [1.807, 2.05) is 0 Å². The largest absolute Gasteiger partial charge is 0.284 e. The first-order valence-electron chi connectivity index (χ1n) is 4.67. The van der Waals surface area contributed by atoms with Crippen LogP contribution in [0.2, 0.25) is 0 Å². The van der Waals surface area contributed by atoms with Gasteiger partial charge in [-0.2, -0.15) is 9.40 Å². The molecule has 0 saturated carbocycles. The monoisotopic (exact) mass is 251 g/mol. The molecule has 0 atom stereocenters. The van der Waals surface area contributed by atoms with Gasteiger partial charge in [-0.1, -0.05) is 6.92 Å². The summed E-state index contributed by atoms with van der Waals surface area (Å²) >= 11 is 5.54. The van der Waals surface area contributed by atoms with E-state index in [1.54, 1.807) is 6.92 Å². The van der Waals surface area contributed by atoms with E-state index in [2.05, 4.69) is 10.2 Å². The van der Waals surface area contributed by atoms with Crippen LogP contribution in [-0.2, 0) is 10.0 Å². The van der Waals surface area contributed by atoms with E-state index in [1.165, 1.54) is 16.7 Å². The summed E-state index contributed by atoms with van der Waals surface area (Å²) in [6, 6.07) is 0. The first-order valence-corrected chi connectivity index (χ1v) is 6.65. The molecule has 0 aliphatic heterocycles. The normalized spacial score (nSPS) is 12.2. The number of sulfonamides is 1. The number of aromatic amines is 1. The van der Waals surface area contributed by atoms with E-state index in [9.17, 15) is 8.42 Å². The zero-order valence-corrected chi connectivity index (χ0v) is 10.1. The lowest BCUT2D eigenvalue weighted by Gasteiger charge is -2.18. The van der Waals surface area contributed by atoms with Gasteiger partial charge >= 0.3 is 0 Å². The molecule has 0 amide bonds. The van der Waals surface area contributed by atoms with Crippen molar-refractivity contribution in [3.8, 4) is 0 Å². The van der Waals surface area contributed by atoms with Gasteiger partial charge in [-0.3, -0.25) is 5.10 Å². The molecule has 1 aromatic heterocycles. The van der Waals surface area contributed by atoms with Crippen LogP contribution in [0.25, 0.3) is 0 Å². The van der Waals surface area contributed by atoms with Crippen LogP contribution in [0.3, 0.4) is 0 Å². The number of H-pyrrole nitrogens is 1. The van der Waals surface area contributed by atoms with Gasteiger partial charge in [0.2, 0.25) is 10.0 Å². The second kappa shape index (κ2) is 5.48. The van der Waals surface area contributed by atoms with Crippen molar-refractivity contribution in [2.24, 2.45) is 0 Å². The van der Waals surface area contributed by atoms with Gasteiger partial charge < -0.3 is 0 Å². The number of hydrogen-bond donors (Lipinski definition) is 1. The molecule has 1 heterocycles. The Bertz CT molecular complexity index is 377. The van der Waals surface area contributed by atoms with Gasteiger partial charge in [0.05, 0.1) is 6.20 Å². The predicted molar refractivity (Wildman–Crippen MR) is 58.4 cm³/mol. The standard InChI is InChI=1S/C8H14ClN3O2S/c1-2-12(5-3-4-9)15(13,14)8-6-10-11-7-8/h6-7H,2-5H2,1H3,(H,10,11). The molecule has 0 aliphatic carbocycles. The highest BCUT2D eigenvalue weighted by molar-refractivity contribution is 7.89. The zero-order valence-electron chi connectivity index (χ0n) is 8.48. The third-order valence-corrected chi connectivity index (χ3v) is 4.21. The van der Waals surface area contributed by atoms with Gasteiger partial charge in [0.25, 0.3) is 0 Å². The molecule has 0 radical (unpaired) electrons. The van der Waals surface area contributed by atoms with Gasteiger partial charge in [0.15, 0.2) is 0 Å². The average molecular weight is 252 g/mol. The van der Waals surface area contributed by atoms with Crippen LogP contribution in [0.5, 0.6) is 0 Å². The van der Waals surface area contributed by atoms with Crippen molar-refractivity contribution in [1.29, 1.82) is 0 Å². The summed E-state index contributed by atoms with van der Waals surface area (Å²) in [6.07, 6.45) is 3.32. The molecule has 0 unspecified atom stereocenters. The van der Waals surface area contributed by atoms with Crippen LogP contribution in [0, 0.1) is 0 Å². The first-order chi connectivity index (χ1) is 7.12. The Morgan fingerprint density at radius 3 is 2.80 bits per heavy atom. The van der Waals surface area contributed by atoms with Crippen LogP contribution in [0.15, 0.2) is 17.3 Å². The molecule has 1 rings (SSSR count). The van der Waals surface area contributed by atoms with E-state index in [0.717, 1.165) is 0 Å². The van der Waals surface area contributed by atoms with E-state index < -0.39 is 10.0 Å². The third kappa shape index (κ3) is 2.93. The maximum atomic E-state index is 12.0. The lowest BCUT2D eigenvalue weighted by molar-refractivity contribution is 0.428. The number of aromatic nitrogens is 2. The van der Waals surface area contributed by atoms with E-state index in [-0.39, 0.29) is 4.90 Å². The Balaban J connectivity index is 2.83. The fourth-order valence-electron chi connectivity index (χ4n) is 1.21. The molecule has 7 heteroatoms. The predicted octanol–water partition coefficient (Wildman–Crippen LogP) is 1.05. The molecular weight excluding hydrogens is 238 g/mol. The fourth-order valence-corrected chi connectivity index (χ4v) is 2.73. The molecule has 0 fully saturated rings. The minimum absolute atomic E-state index is 0.193. The van der Waals surface area contributed by atoms with Crippen LogP contribution in [-0.4, -0.2) is 41.9 Å². The molecule has 0 aromatic carbocycles. The number of hydrogen-bond acceptors (Lipinski definition) is 3. The molecule has 86 valence electrons. The highest BCUT2D eigenvalue weighted by Gasteiger charge is 2.23. The first kappa shape index (κ1) is 12.5. The Labute approximate surface area is 94.5 Å². The highest BCUT2D eigenvalue weighted by Crippen LogP contribution is 2.13. The van der Waals surface area contributed by atoms with Crippen molar-refractivity contribution in [3.05, 3.63) is 12.4 Å². The number of nitrogens with zero attached hydrogens (tertiary/aromatic N) is 2. The summed E-state index contributed by atoms with van der Waals surface area (Å²) in [5.74, 6) is 0.456. The van der Waals surface area contributed by atoms with Gasteiger partial charge in [0.1, 0.15) is 4.90 Å². The van der Waals surface area contributed by atoms with E-state index in [0.29, 0.717) is 25.4 Å². The molecule has 0 bridgehead atoms. The molecule has 0 spiro atoms. The maximum Gasteiger partial charge on any atom is 0.246 e. The number of halogens is 1. The highest BCUT2D eigenvalue weighted by atomic mass is 35.5. The molecule has 0 saturated heterocycles. The molecule has 1 N–H and O–H groups in total. The summed E-state index contributed by atoms with van der Waals surface area (Å²) in [5, 5.41) is 6.12. The van der Waals surface area contributed by atoms with Crippen LogP contribution in [0.4, 0.5) is 0 Å². The molecular formula is C8H14ClN3O2S. The summed E-state index contributed by atoms with van der Waals surface area (Å²) in [5.41, 5.74) is 0. The van der Waals surface area contributed by atoms with Crippen molar-refractivity contribution in [2.45, 2.75) is 18.2 Å². The van der Waals surface area contributed by atoms with Gasteiger partial charge in [-0.15, -0.1) is 11.6 Å². The van der Waals surface area contributed by atoms with Crippen LogP contribution in [0.1, 0.15) is 13.3 Å². The Morgan fingerprint density at radius 1 is 1.60 bits per heavy atom. The maximum absolute atomic E-state index is 12.0. The van der Waals surface area contributed by atoms with E-state index >= 15 is 0 Å². The summed E-state index contributed by atoms with van der Waals surface area (Å²) in [6.45, 7) is 2.67. The zero-order chi connectivity index (χ0) is 11.3. The summed E-state index contributed by atoms with van der Waals surface area (Å²) < 4.78 is 25.3. The molecule has 15 heavy (non-hydrogen) atoms. The second-order valence-electron chi connectivity index (χ2n) is 2.97. The van der Waals surface area contributed by atoms with Gasteiger partial charge in [-0.05, 0) is 6.42 Å². The Hall–Kier alpha value is -0.590. The smallest absolute Gasteiger partial charge is 0.246 e. The molecule has 5 nitrogen and oxygen atoms in total. The summed E-state index contributed by atoms with van der Waals surface area (Å²) in [7, 11) is -3.40. The second-order valence-corrected chi connectivity index (χ2v) is 5.29. The lowest BCUT2D eigenvalue weighted by atomic mass is 10.5. The lowest BCUT2D eigenvalue weighted by Crippen LogP contribution is -2.31. The van der Waals surface area contributed by atoms with Crippen LogP contribution >= 0.6 is 11.6 Å². The van der Waals surface area contributed by atoms with Crippen molar-refractivity contribution in [3.63, 3.8) is 0 Å². The Morgan fingerprint density at radius 2 is 2.33 bits per heavy atom. The Kier molecular flexibility index (Phi) is 4.56. The minimum atomic E-state index is -3.40. The average Bonchev–Trinajstić information content (AvgIpc) is 2.72. The SMILES string of the molecule is CCN(CCCCl)S(=O)(=O)c1cn[nH]c1. The number of alkyl halides is 1. The molecule has 1 aromatic rings. The summed E-state index contributed by atoms with van der Waals surface area (Å²) in [4.78, 5) is 0.193. The van der Waals surface area contributed by atoms with Crippen molar-refractivity contribution in [2.75, 3.05) is 19.0 Å². The third-order valence-electron chi connectivity index (χ3n) is 2.00. The van der Waals surface area contributed by atoms with Crippen LogP contribution < -0.4 is 0 Å². The van der Waals surface area contributed by atoms with Crippen molar-refractivity contribution >= 4 is 21.6 Å². The minimum Gasteiger partial charge on any atom is -0.284 e. The number of nitrogens with one attached hydrogen (secondary N) is 1. The van der Waals surface area contributed by atoms with Gasteiger partial charge in [0, 0.05) is 25.2 Å². The van der Waals surface area contributed by atoms with Crippen molar-refractivity contribution < 1.29 is 8.42 Å². The fraction of sp³-hybridized carbons (Fsp3) is 0.625. The van der Waals surface area contributed by atoms with Crippen molar-refractivity contribution in [1.82, 2.24) is 14.5 Å².